The van der Waals surface area contributed by atoms with E-state index in [9.17, 15) is 9.18 Å². The third-order valence-electron chi connectivity index (χ3n) is 2.23. The molecular weight excluding hydrogens is 239 g/mol. The molecule has 0 atom stereocenters. The van der Waals surface area contributed by atoms with Gasteiger partial charge in [0, 0.05) is 11.9 Å². The Morgan fingerprint density at radius 2 is 2.29 bits per heavy atom. The highest BCUT2D eigenvalue weighted by Gasteiger charge is 2.02. The molecule has 1 aromatic heterocycles. The molecule has 0 saturated heterocycles. The predicted octanol–water partition coefficient (Wildman–Crippen LogP) is 2.51. The maximum absolute atomic E-state index is 13.0. The van der Waals surface area contributed by atoms with Crippen LogP contribution >= 0.6 is 11.8 Å². The van der Waals surface area contributed by atoms with Crippen LogP contribution in [0.4, 0.5) is 4.39 Å². The average molecular weight is 250 g/mol. The number of aromatic amines is 1. The zero-order valence-corrected chi connectivity index (χ0v) is 10.1. The minimum absolute atomic E-state index is 0.247. The van der Waals surface area contributed by atoms with Gasteiger partial charge in [-0.05, 0) is 30.2 Å². The van der Waals surface area contributed by atoms with Crippen molar-refractivity contribution in [3.8, 4) is 0 Å². The molecule has 0 aliphatic rings. The van der Waals surface area contributed by atoms with Crippen molar-refractivity contribution in [3.63, 3.8) is 0 Å². The van der Waals surface area contributed by atoms with Crippen molar-refractivity contribution in [2.24, 2.45) is 0 Å². The number of aromatic nitrogens is 2. The predicted molar refractivity (Wildman–Crippen MR) is 65.6 cm³/mol. The lowest BCUT2D eigenvalue weighted by atomic mass is 10.2. The van der Waals surface area contributed by atoms with E-state index in [1.165, 1.54) is 30.1 Å². The number of aryl methyl sites for hydroxylation is 1. The third-order valence-corrected chi connectivity index (χ3v) is 3.42. The topological polar surface area (TPSA) is 45.8 Å². The molecule has 1 N–H and O–H groups in total. The highest BCUT2D eigenvalue weighted by Crippen LogP contribution is 2.22. The molecular formula is C12H11FN2OS. The van der Waals surface area contributed by atoms with E-state index in [1.54, 1.807) is 6.07 Å². The molecule has 0 saturated carbocycles. The van der Waals surface area contributed by atoms with E-state index in [1.807, 2.05) is 13.0 Å². The largest absolute Gasteiger partial charge is 0.345 e. The second kappa shape index (κ2) is 5.14. The molecule has 3 nitrogen and oxygen atoms in total. The first-order valence-electron chi connectivity index (χ1n) is 5.08. The number of thioether (sulfide) groups is 1. The fraction of sp³-hybridized carbons (Fsp3) is 0.167. The number of rotatable bonds is 3. The van der Waals surface area contributed by atoms with E-state index < -0.39 is 0 Å². The highest BCUT2D eigenvalue weighted by atomic mass is 32.2. The zero-order valence-electron chi connectivity index (χ0n) is 9.24. The van der Waals surface area contributed by atoms with Crippen LogP contribution in [0.25, 0.3) is 0 Å². The van der Waals surface area contributed by atoms with E-state index >= 15 is 0 Å². The van der Waals surface area contributed by atoms with Crippen LogP contribution in [-0.2, 0) is 5.75 Å². The molecule has 5 heteroatoms. The number of halogens is 1. The smallest absolute Gasteiger partial charge is 0.300 e. The summed E-state index contributed by atoms with van der Waals surface area (Å²) < 4.78 is 13.0. The second-order valence-corrected chi connectivity index (χ2v) is 4.60. The van der Waals surface area contributed by atoms with Gasteiger partial charge in [-0.3, -0.25) is 0 Å². The number of H-pyrrole nitrogens is 1. The molecule has 0 fully saturated rings. The molecule has 0 spiro atoms. The molecule has 0 amide bonds. The van der Waals surface area contributed by atoms with Crippen LogP contribution in [-0.4, -0.2) is 9.97 Å². The first kappa shape index (κ1) is 11.9. The van der Waals surface area contributed by atoms with Crippen LogP contribution in [0, 0.1) is 12.7 Å². The maximum Gasteiger partial charge on any atom is 0.345 e. The number of nitrogens with one attached hydrogen (secondary N) is 1. The summed E-state index contributed by atoms with van der Waals surface area (Å²) in [7, 11) is 0. The molecule has 88 valence electrons. The molecule has 2 rings (SSSR count). The van der Waals surface area contributed by atoms with Gasteiger partial charge in [0.2, 0.25) is 0 Å². The van der Waals surface area contributed by atoms with Gasteiger partial charge in [-0.1, -0.05) is 12.1 Å². The van der Waals surface area contributed by atoms with Gasteiger partial charge in [0.05, 0.1) is 5.03 Å². The van der Waals surface area contributed by atoms with Gasteiger partial charge in [-0.25, -0.2) is 14.2 Å². The van der Waals surface area contributed by atoms with Crippen molar-refractivity contribution in [2.45, 2.75) is 17.7 Å². The van der Waals surface area contributed by atoms with E-state index in [2.05, 4.69) is 9.97 Å². The Kier molecular flexibility index (Phi) is 3.58. The van der Waals surface area contributed by atoms with Gasteiger partial charge >= 0.3 is 5.69 Å². The molecule has 1 aromatic carbocycles. The fourth-order valence-corrected chi connectivity index (χ4v) is 2.30. The van der Waals surface area contributed by atoms with Crippen LogP contribution in [0.1, 0.15) is 11.1 Å². The standard InChI is InChI=1S/C12H11FN2OS/c1-8-6-14-12(16)15-11(8)17-7-9-3-2-4-10(13)5-9/h2-6H,7H2,1H3,(H,14,15,16). The molecule has 17 heavy (non-hydrogen) atoms. The first-order valence-corrected chi connectivity index (χ1v) is 6.07. The minimum atomic E-state index is -0.364. The molecule has 0 unspecified atom stereocenters. The SMILES string of the molecule is Cc1cnc(=O)[nH]c1SCc1cccc(F)c1. The first-order chi connectivity index (χ1) is 8.15. The van der Waals surface area contributed by atoms with Crippen LogP contribution < -0.4 is 5.69 Å². The molecule has 0 radical (unpaired) electrons. The molecule has 0 bridgehead atoms. The van der Waals surface area contributed by atoms with Gasteiger partial charge in [-0.15, -0.1) is 11.8 Å². The lowest BCUT2D eigenvalue weighted by molar-refractivity contribution is 0.626. The number of nitrogens with zero attached hydrogens (tertiary/aromatic N) is 1. The van der Waals surface area contributed by atoms with Gasteiger partial charge in [0.25, 0.3) is 0 Å². The monoisotopic (exact) mass is 250 g/mol. The van der Waals surface area contributed by atoms with Crippen molar-refractivity contribution in [3.05, 3.63) is 57.9 Å². The van der Waals surface area contributed by atoms with Gasteiger partial charge in [0.1, 0.15) is 5.82 Å². The molecule has 1 heterocycles. The summed E-state index contributed by atoms with van der Waals surface area (Å²) in [5.74, 6) is 0.362. The van der Waals surface area contributed by atoms with E-state index in [0.717, 1.165) is 16.2 Å². The van der Waals surface area contributed by atoms with Crippen LogP contribution in [0.3, 0.4) is 0 Å². The summed E-state index contributed by atoms with van der Waals surface area (Å²) in [5.41, 5.74) is 1.43. The zero-order chi connectivity index (χ0) is 12.3. The molecule has 2 aromatic rings. The molecule has 0 aliphatic heterocycles. The number of hydrogen-bond donors (Lipinski definition) is 1. The van der Waals surface area contributed by atoms with E-state index in [-0.39, 0.29) is 11.5 Å². The Morgan fingerprint density at radius 3 is 3.06 bits per heavy atom. The second-order valence-electron chi connectivity index (χ2n) is 3.62. The Morgan fingerprint density at radius 1 is 1.47 bits per heavy atom. The van der Waals surface area contributed by atoms with E-state index in [4.69, 9.17) is 0 Å². The lowest BCUT2D eigenvalue weighted by Crippen LogP contribution is -2.10. The van der Waals surface area contributed by atoms with Gasteiger partial charge in [0.15, 0.2) is 0 Å². The van der Waals surface area contributed by atoms with Crippen LogP contribution in [0.15, 0.2) is 40.3 Å². The lowest BCUT2D eigenvalue weighted by Gasteiger charge is -2.04. The normalized spacial score (nSPS) is 10.5. The van der Waals surface area contributed by atoms with Gasteiger partial charge < -0.3 is 4.98 Å². The van der Waals surface area contributed by atoms with Gasteiger partial charge in [-0.2, -0.15) is 0 Å². The Balaban J connectivity index is 2.12. The number of hydrogen-bond acceptors (Lipinski definition) is 3. The summed E-state index contributed by atoms with van der Waals surface area (Å²) in [6.45, 7) is 1.87. The van der Waals surface area contributed by atoms with Crippen molar-refractivity contribution < 1.29 is 4.39 Å². The average Bonchev–Trinajstić information content (AvgIpc) is 2.30. The minimum Gasteiger partial charge on any atom is -0.300 e. The van der Waals surface area contributed by atoms with Crippen molar-refractivity contribution in [1.82, 2.24) is 9.97 Å². The van der Waals surface area contributed by atoms with Crippen LogP contribution in [0.5, 0.6) is 0 Å². The Bertz CT molecular complexity index is 583. The fourth-order valence-electron chi connectivity index (χ4n) is 1.37. The Labute approximate surface area is 102 Å². The van der Waals surface area contributed by atoms with Crippen molar-refractivity contribution in [2.75, 3.05) is 0 Å². The highest BCUT2D eigenvalue weighted by molar-refractivity contribution is 7.98. The molecule has 0 aliphatic carbocycles. The summed E-state index contributed by atoms with van der Waals surface area (Å²) in [4.78, 5) is 17.4. The Hall–Kier alpha value is -1.62. The maximum atomic E-state index is 13.0. The van der Waals surface area contributed by atoms with E-state index in [0.29, 0.717) is 5.75 Å². The number of benzene rings is 1. The summed E-state index contributed by atoms with van der Waals surface area (Å²) in [6, 6.07) is 6.42. The van der Waals surface area contributed by atoms with Crippen LogP contribution in [0.2, 0.25) is 0 Å². The van der Waals surface area contributed by atoms with Crippen molar-refractivity contribution >= 4 is 11.8 Å². The summed E-state index contributed by atoms with van der Waals surface area (Å²) >= 11 is 1.46. The summed E-state index contributed by atoms with van der Waals surface area (Å²) in [5, 5.41) is 0.772. The summed E-state index contributed by atoms with van der Waals surface area (Å²) in [6.07, 6.45) is 1.53. The quantitative estimate of drug-likeness (QED) is 0.672. The third kappa shape index (κ3) is 3.17. The van der Waals surface area contributed by atoms with Crippen molar-refractivity contribution in [1.29, 1.82) is 0 Å².